The van der Waals surface area contributed by atoms with Gasteiger partial charge in [0.1, 0.15) is 16.9 Å². The van der Waals surface area contributed by atoms with Crippen LogP contribution in [0.1, 0.15) is 30.5 Å². The Kier molecular flexibility index (Phi) is 6.40. The molecule has 10 heteroatoms. The van der Waals surface area contributed by atoms with Crippen LogP contribution in [0.2, 0.25) is 0 Å². The molecule has 1 saturated heterocycles. The zero-order chi connectivity index (χ0) is 22.1. The standard InChI is InChI=1S/C20H17ClF5NO3/c1-2-29-16-8-7-14(22)18(23)17(16)15-9-13(21)19(28)27(15)10-11-3-5-12(6-4-11)30-20(24,25)26/h3-8,13,15H,2,9-10H2,1H3. The zero-order valence-corrected chi connectivity index (χ0v) is 16.4. The first kappa shape index (κ1) is 22.1. The quantitative estimate of drug-likeness (QED) is 0.441. The summed E-state index contributed by atoms with van der Waals surface area (Å²) < 4.78 is 74.7. The summed E-state index contributed by atoms with van der Waals surface area (Å²) in [7, 11) is 0. The normalized spacial score (nSPS) is 19.3. The molecule has 1 fully saturated rings. The second-order valence-electron chi connectivity index (χ2n) is 6.58. The van der Waals surface area contributed by atoms with Crippen LogP contribution in [0.4, 0.5) is 22.0 Å². The third-order valence-electron chi connectivity index (χ3n) is 4.59. The molecule has 3 rings (SSSR count). The van der Waals surface area contributed by atoms with Gasteiger partial charge in [-0.2, -0.15) is 0 Å². The Balaban J connectivity index is 1.90. The number of likely N-dealkylation sites (tertiary alicyclic amines) is 1. The predicted octanol–water partition coefficient (Wildman–Crippen LogP) is 5.34. The number of alkyl halides is 4. The molecule has 1 aliphatic rings. The molecule has 4 nitrogen and oxygen atoms in total. The molecule has 2 unspecified atom stereocenters. The monoisotopic (exact) mass is 449 g/mol. The number of halogens is 6. The second-order valence-corrected chi connectivity index (χ2v) is 7.11. The summed E-state index contributed by atoms with van der Waals surface area (Å²) in [5.74, 6) is -3.04. The number of benzene rings is 2. The van der Waals surface area contributed by atoms with Crippen molar-refractivity contribution >= 4 is 17.5 Å². The van der Waals surface area contributed by atoms with Gasteiger partial charge in [0.15, 0.2) is 11.6 Å². The smallest absolute Gasteiger partial charge is 0.493 e. The lowest BCUT2D eigenvalue weighted by atomic mass is 10.0. The van der Waals surface area contributed by atoms with Crippen molar-refractivity contribution in [1.82, 2.24) is 4.90 Å². The van der Waals surface area contributed by atoms with Crippen molar-refractivity contribution in [2.75, 3.05) is 6.61 Å². The molecule has 0 spiro atoms. The number of ether oxygens (including phenoxy) is 2. The Morgan fingerprint density at radius 1 is 1.13 bits per heavy atom. The van der Waals surface area contributed by atoms with Crippen molar-refractivity contribution in [3.8, 4) is 11.5 Å². The van der Waals surface area contributed by atoms with Gasteiger partial charge < -0.3 is 14.4 Å². The molecule has 2 atom stereocenters. The minimum absolute atomic E-state index is 0.0239. The van der Waals surface area contributed by atoms with Gasteiger partial charge in [-0.1, -0.05) is 12.1 Å². The van der Waals surface area contributed by atoms with Gasteiger partial charge >= 0.3 is 6.36 Å². The van der Waals surface area contributed by atoms with E-state index in [-0.39, 0.29) is 30.9 Å². The molecule has 0 saturated carbocycles. The maximum Gasteiger partial charge on any atom is 0.573 e. The number of amides is 1. The lowest BCUT2D eigenvalue weighted by molar-refractivity contribution is -0.274. The van der Waals surface area contributed by atoms with Crippen molar-refractivity contribution in [3.63, 3.8) is 0 Å². The van der Waals surface area contributed by atoms with Gasteiger partial charge in [0.05, 0.1) is 18.2 Å². The van der Waals surface area contributed by atoms with Crippen molar-refractivity contribution in [2.45, 2.75) is 37.7 Å². The van der Waals surface area contributed by atoms with Gasteiger partial charge in [0, 0.05) is 6.54 Å². The van der Waals surface area contributed by atoms with Crippen LogP contribution in [0.5, 0.6) is 11.5 Å². The van der Waals surface area contributed by atoms with E-state index in [1.165, 1.54) is 23.1 Å². The number of carbonyl (C=O) groups is 1. The summed E-state index contributed by atoms with van der Waals surface area (Å²) >= 11 is 6.09. The predicted molar refractivity (Wildman–Crippen MR) is 98.2 cm³/mol. The number of rotatable bonds is 6. The number of hydrogen-bond acceptors (Lipinski definition) is 3. The summed E-state index contributed by atoms with van der Waals surface area (Å²) in [6.07, 6.45) is -4.80. The highest BCUT2D eigenvalue weighted by Crippen LogP contribution is 2.42. The van der Waals surface area contributed by atoms with E-state index in [1.807, 2.05) is 0 Å². The topological polar surface area (TPSA) is 38.8 Å². The van der Waals surface area contributed by atoms with Crippen molar-refractivity contribution in [1.29, 1.82) is 0 Å². The van der Waals surface area contributed by atoms with E-state index in [4.69, 9.17) is 16.3 Å². The van der Waals surface area contributed by atoms with E-state index < -0.39 is 41.1 Å². The molecule has 1 amide bonds. The molecule has 162 valence electrons. The van der Waals surface area contributed by atoms with Crippen LogP contribution in [-0.4, -0.2) is 29.2 Å². The summed E-state index contributed by atoms with van der Waals surface area (Å²) in [4.78, 5) is 13.8. The molecule has 0 bridgehead atoms. The van der Waals surface area contributed by atoms with Crippen LogP contribution in [0.25, 0.3) is 0 Å². The van der Waals surface area contributed by atoms with Gasteiger partial charge in [-0.25, -0.2) is 8.78 Å². The maximum atomic E-state index is 14.7. The number of hydrogen-bond donors (Lipinski definition) is 0. The lowest BCUT2D eigenvalue weighted by Gasteiger charge is -2.27. The van der Waals surface area contributed by atoms with Crippen LogP contribution in [0.3, 0.4) is 0 Å². The molecule has 1 aliphatic heterocycles. The SMILES string of the molecule is CCOc1ccc(F)c(F)c1C1CC(Cl)C(=O)N1Cc1ccc(OC(F)(F)F)cc1. The average Bonchev–Trinajstić information content (AvgIpc) is 2.93. The third kappa shape index (κ3) is 4.77. The van der Waals surface area contributed by atoms with Crippen LogP contribution in [0.15, 0.2) is 36.4 Å². The molecule has 0 radical (unpaired) electrons. The third-order valence-corrected chi connectivity index (χ3v) is 4.96. The van der Waals surface area contributed by atoms with E-state index in [1.54, 1.807) is 6.92 Å². The lowest BCUT2D eigenvalue weighted by Crippen LogP contribution is -2.30. The van der Waals surface area contributed by atoms with Crippen LogP contribution < -0.4 is 9.47 Å². The molecule has 30 heavy (non-hydrogen) atoms. The number of nitrogens with zero attached hydrogens (tertiary/aromatic N) is 1. The van der Waals surface area contributed by atoms with Gasteiger partial charge in [0.25, 0.3) is 0 Å². The second kappa shape index (κ2) is 8.67. The molecule has 0 aromatic heterocycles. The molecular formula is C20H17ClF5NO3. The van der Waals surface area contributed by atoms with Crippen molar-refractivity contribution in [2.24, 2.45) is 0 Å². The van der Waals surface area contributed by atoms with E-state index in [0.717, 1.165) is 18.2 Å². The summed E-state index contributed by atoms with van der Waals surface area (Å²) in [5.41, 5.74) is 0.341. The zero-order valence-electron chi connectivity index (χ0n) is 15.7. The molecule has 2 aromatic rings. The summed E-state index contributed by atoms with van der Waals surface area (Å²) in [5, 5.41) is -0.958. The molecule has 0 aliphatic carbocycles. The molecular weight excluding hydrogens is 433 g/mol. The maximum absolute atomic E-state index is 14.7. The van der Waals surface area contributed by atoms with E-state index >= 15 is 0 Å². The van der Waals surface area contributed by atoms with Crippen molar-refractivity contribution < 1.29 is 36.2 Å². The Morgan fingerprint density at radius 2 is 1.80 bits per heavy atom. The fourth-order valence-electron chi connectivity index (χ4n) is 3.35. The highest BCUT2D eigenvalue weighted by Gasteiger charge is 2.42. The van der Waals surface area contributed by atoms with Gasteiger partial charge in [-0.15, -0.1) is 24.8 Å². The van der Waals surface area contributed by atoms with Crippen LogP contribution in [-0.2, 0) is 11.3 Å². The number of carbonyl (C=O) groups excluding carboxylic acids is 1. The van der Waals surface area contributed by atoms with E-state index in [2.05, 4.69) is 4.74 Å². The Labute approximate surface area is 174 Å². The van der Waals surface area contributed by atoms with Gasteiger partial charge in [-0.3, -0.25) is 4.79 Å². The van der Waals surface area contributed by atoms with E-state index in [0.29, 0.717) is 5.56 Å². The van der Waals surface area contributed by atoms with Crippen LogP contribution >= 0.6 is 11.6 Å². The summed E-state index contributed by atoms with van der Waals surface area (Å²) in [6.45, 7) is 1.81. The minimum atomic E-state index is -4.83. The van der Waals surface area contributed by atoms with Crippen LogP contribution in [0, 0.1) is 11.6 Å². The Bertz CT molecular complexity index is 920. The molecule has 2 aromatic carbocycles. The van der Waals surface area contributed by atoms with E-state index in [9.17, 15) is 26.7 Å². The minimum Gasteiger partial charge on any atom is -0.493 e. The molecule has 0 N–H and O–H groups in total. The Hall–Kier alpha value is -2.55. The fraction of sp³-hybridized carbons (Fsp3) is 0.350. The first-order valence-electron chi connectivity index (χ1n) is 9.00. The average molecular weight is 450 g/mol. The first-order chi connectivity index (χ1) is 14.1. The highest BCUT2D eigenvalue weighted by atomic mass is 35.5. The fourth-order valence-corrected chi connectivity index (χ4v) is 3.65. The Morgan fingerprint density at radius 3 is 2.40 bits per heavy atom. The summed E-state index contributed by atoms with van der Waals surface area (Å²) in [6, 6.07) is 6.21. The van der Waals surface area contributed by atoms with Crippen molar-refractivity contribution in [3.05, 3.63) is 59.2 Å². The van der Waals surface area contributed by atoms with Gasteiger partial charge in [0.2, 0.25) is 5.91 Å². The van der Waals surface area contributed by atoms with Gasteiger partial charge in [-0.05, 0) is 43.2 Å². The first-order valence-corrected chi connectivity index (χ1v) is 9.44. The largest absolute Gasteiger partial charge is 0.573 e. The highest BCUT2D eigenvalue weighted by molar-refractivity contribution is 6.31. The molecule has 1 heterocycles.